The Kier molecular flexibility index (Phi) is 4.56. The fourth-order valence-electron chi connectivity index (χ4n) is 1.55. The quantitative estimate of drug-likeness (QED) is 0.460. The van der Waals surface area contributed by atoms with Gasteiger partial charge in [-0.2, -0.15) is 10.5 Å². The number of carbonyl (C=O) groups excluding carboxylic acids is 1. The van der Waals surface area contributed by atoms with Gasteiger partial charge in [0.1, 0.15) is 13.1 Å². The molecule has 0 saturated heterocycles. The highest BCUT2D eigenvalue weighted by atomic mass is 16.6. The van der Waals surface area contributed by atoms with Crippen molar-refractivity contribution in [3.05, 3.63) is 39.4 Å². The van der Waals surface area contributed by atoms with Crippen LogP contribution in [0, 0.1) is 39.7 Å². The number of nitriles is 2. The number of benzene rings is 1. The van der Waals surface area contributed by atoms with E-state index >= 15 is 0 Å². The van der Waals surface area contributed by atoms with Gasteiger partial charge in [0.15, 0.2) is 0 Å². The van der Waals surface area contributed by atoms with Crippen molar-refractivity contribution >= 4 is 11.6 Å². The SMILES string of the molecule is Cc1cc(C(=O)N(CC#N)CC#N)ccc1[N+](=O)[O-]. The standard InChI is InChI=1S/C12H10N4O3/c1-9-8-10(2-3-11(9)16(18)19)12(17)15(6-4-13)7-5-14/h2-3,8H,6-7H2,1H3. The largest absolute Gasteiger partial charge is 0.312 e. The molecule has 1 aromatic carbocycles. The van der Waals surface area contributed by atoms with E-state index in [0.717, 1.165) is 4.90 Å². The lowest BCUT2D eigenvalue weighted by Crippen LogP contribution is -2.31. The van der Waals surface area contributed by atoms with Gasteiger partial charge in [-0.3, -0.25) is 14.9 Å². The summed E-state index contributed by atoms with van der Waals surface area (Å²) in [6.07, 6.45) is 0. The van der Waals surface area contributed by atoms with E-state index in [2.05, 4.69) is 0 Å². The molecule has 0 saturated carbocycles. The van der Waals surface area contributed by atoms with Crippen LogP contribution in [0.25, 0.3) is 0 Å². The van der Waals surface area contributed by atoms with Crippen LogP contribution in [0.1, 0.15) is 15.9 Å². The summed E-state index contributed by atoms with van der Waals surface area (Å²) in [5.41, 5.74) is 0.488. The molecule has 7 nitrogen and oxygen atoms in total. The number of nitro benzene ring substituents is 1. The van der Waals surface area contributed by atoms with Gasteiger partial charge in [0.25, 0.3) is 11.6 Å². The van der Waals surface area contributed by atoms with Gasteiger partial charge in [-0.05, 0) is 19.1 Å². The highest BCUT2D eigenvalue weighted by molar-refractivity contribution is 5.95. The molecule has 0 unspecified atom stereocenters. The van der Waals surface area contributed by atoms with Crippen molar-refractivity contribution in [1.29, 1.82) is 10.5 Å². The molecule has 0 aliphatic heterocycles. The predicted octanol–water partition coefficient (Wildman–Crippen LogP) is 1.39. The molecule has 0 atom stereocenters. The van der Waals surface area contributed by atoms with E-state index in [9.17, 15) is 14.9 Å². The van der Waals surface area contributed by atoms with Gasteiger partial charge in [-0.15, -0.1) is 0 Å². The molecular weight excluding hydrogens is 248 g/mol. The van der Waals surface area contributed by atoms with Crippen LogP contribution in [-0.2, 0) is 0 Å². The van der Waals surface area contributed by atoms with Gasteiger partial charge in [0.2, 0.25) is 0 Å². The van der Waals surface area contributed by atoms with Crippen LogP contribution in [0.15, 0.2) is 18.2 Å². The molecule has 0 spiro atoms. The molecule has 0 N–H and O–H groups in total. The van der Waals surface area contributed by atoms with E-state index in [0.29, 0.717) is 5.56 Å². The number of rotatable bonds is 4. The van der Waals surface area contributed by atoms with Crippen LogP contribution in [0.3, 0.4) is 0 Å². The number of amides is 1. The Morgan fingerprint density at radius 2 is 1.95 bits per heavy atom. The van der Waals surface area contributed by atoms with Crippen LogP contribution in [-0.4, -0.2) is 28.8 Å². The highest BCUT2D eigenvalue weighted by Gasteiger charge is 2.18. The summed E-state index contributed by atoms with van der Waals surface area (Å²) in [6.45, 7) is 1.11. The minimum absolute atomic E-state index is 0.0799. The molecule has 0 aliphatic carbocycles. The Morgan fingerprint density at radius 1 is 1.37 bits per heavy atom. The monoisotopic (exact) mass is 258 g/mol. The smallest absolute Gasteiger partial charge is 0.272 e. The predicted molar refractivity (Wildman–Crippen MR) is 65.0 cm³/mol. The topological polar surface area (TPSA) is 111 Å². The van der Waals surface area contributed by atoms with Gasteiger partial charge >= 0.3 is 0 Å². The molecule has 0 aromatic heterocycles. The molecule has 0 heterocycles. The lowest BCUT2D eigenvalue weighted by molar-refractivity contribution is -0.385. The van der Waals surface area contributed by atoms with E-state index in [4.69, 9.17) is 10.5 Å². The van der Waals surface area contributed by atoms with Crippen molar-refractivity contribution in [3.63, 3.8) is 0 Å². The zero-order valence-corrected chi connectivity index (χ0v) is 10.2. The first-order chi connectivity index (χ1) is 9.01. The summed E-state index contributed by atoms with van der Waals surface area (Å²) < 4.78 is 0. The minimum atomic E-state index is -0.536. The number of nitrogens with zero attached hydrogens (tertiary/aromatic N) is 4. The summed E-state index contributed by atoms with van der Waals surface area (Å²) in [5.74, 6) is -0.499. The van der Waals surface area contributed by atoms with Gasteiger partial charge in [-0.1, -0.05) is 0 Å². The Bertz CT molecular complexity index is 582. The third-order valence-electron chi connectivity index (χ3n) is 2.45. The molecule has 0 bridgehead atoms. The molecule has 1 aromatic rings. The summed E-state index contributed by atoms with van der Waals surface area (Å²) in [4.78, 5) is 23.2. The lowest BCUT2D eigenvalue weighted by atomic mass is 10.1. The molecule has 0 radical (unpaired) electrons. The Hall–Kier alpha value is -2.93. The van der Waals surface area contributed by atoms with Crippen molar-refractivity contribution in [2.75, 3.05) is 13.1 Å². The van der Waals surface area contributed by atoms with E-state index in [1.807, 2.05) is 0 Å². The summed E-state index contributed by atoms with van der Waals surface area (Å²) in [7, 11) is 0. The Morgan fingerprint density at radius 3 is 2.37 bits per heavy atom. The molecule has 0 fully saturated rings. The molecule has 0 aliphatic rings. The van der Waals surface area contributed by atoms with Crippen LogP contribution >= 0.6 is 0 Å². The second kappa shape index (κ2) is 6.12. The van der Waals surface area contributed by atoms with Gasteiger partial charge in [-0.25, -0.2) is 0 Å². The van der Waals surface area contributed by atoms with E-state index < -0.39 is 10.8 Å². The second-order valence-corrected chi connectivity index (χ2v) is 3.74. The van der Waals surface area contributed by atoms with Crippen molar-refractivity contribution in [2.24, 2.45) is 0 Å². The van der Waals surface area contributed by atoms with E-state index in [1.54, 1.807) is 12.1 Å². The maximum absolute atomic E-state index is 12.0. The van der Waals surface area contributed by atoms with Crippen molar-refractivity contribution in [2.45, 2.75) is 6.92 Å². The van der Waals surface area contributed by atoms with Gasteiger partial charge in [0, 0.05) is 17.2 Å². The van der Waals surface area contributed by atoms with Gasteiger partial charge in [0.05, 0.1) is 17.1 Å². The van der Waals surface area contributed by atoms with E-state index in [1.165, 1.54) is 25.1 Å². The third-order valence-corrected chi connectivity index (χ3v) is 2.45. The van der Waals surface area contributed by atoms with Gasteiger partial charge < -0.3 is 4.90 Å². The second-order valence-electron chi connectivity index (χ2n) is 3.74. The number of hydrogen-bond donors (Lipinski definition) is 0. The van der Waals surface area contributed by atoms with Crippen molar-refractivity contribution in [3.8, 4) is 12.1 Å². The van der Waals surface area contributed by atoms with Crippen LogP contribution in [0.2, 0.25) is 0 Å². The average Bonchev–Trinajstić information content (AvgIpc) is 2.37. The van der Waals surface area contributed by atoms with Crippen LogP contribution < -0.4 is 0 Å². The van der Waals surface area contributed by atoms with Crippen LogP contribution in [0.4, 0.5) is 5.69 Å². The normalized spacial score (nSPS) is 9.21. The fourth-order valence-corrected chi connectivity index (χ4v) is 1.55. The first-order valence-corrected chi connectivity index (χ1v) is 5.29. The lowest BCUT2D eigenvalue weighted by Gasteiger charge is -2.15. The summed E-state index contributed by atoms with van der Waals surface area (Å²) >= 11 is 0. The van der Waals surface area contributed by atoms with Crippen molar-refractivity contribution in [1.82, 2.24) is 4.90 Å². The van der Waals surface area contributed by atoms with Crippen LogP contribution in [0.5, 0.6) is 0 Å². The zero-order chi connectivity index (χ0) is 14.4. The number of nitro groups is 1. The Labute approximate surface area is 109 Å². The zero-order valence-electron chi connectivity index (χ0n) is 10.2. The first kappa shape index (κ1) is 14.1. The highest BCUT2D eigenvalue weighted by Crippen LogP contribution is 2.19. The third kappa shape index (κ3) is 3.27. The minimum Gasteiger partial charge on any atom is -0.312 e. The van der Waals surface area contributed by atoms with E-state index in [-0.39, 0.29) is 24.3 Å². The fraction of sp³-hybridized carbons (Fsp3) is 0.250. The summed E-state index contributed by atoms with van der Waals surface area (Å²) in [5, 5.41) is 27.8. The molecular formula is C12H10N4O3. The maximum Gasteiger partial charge on any atom is 0.272 e. The number of hydrogen-bond acceptors (Lipinski definition) is 5. The Balaban J connectivity index is 3.07. The first-order valence-electron chi connectivity index (χ1n) is 5.29. The molecule has 1 amide bonds. The molecule has 7 heteroatoms. The number of carbonyl (C=O) groups is 1. The number of aryl methyl sites for hydroxylation is 1. The average molecular weight is 258 g/mol. The van der Waals surface area contributed by atoms with Crippen molar-refractivity contribution < 1.29 is 9.72 Å². The summed E-state index contributed by atoms with van der Waals surface area (Å²) in [6, 6.07) is 7.51. The maximum atomic E-state index is 12.0. The molecule has 19 heavy (non-hydrogen) atoms. The molecule has 1 rings (SSSR count). The molecule has 96 valence electrons.